The van der Waals surface area contributed by atoms with Gasteiger partial charge in [-0.05, 0) is 49.1 Å². The van der Waals surface area contributed by atoms with Crippen molar-refractivity contribution in [1.82, 2.24) is 20.1 Å². The minimum absolute atomic E-state index is 0.182. The first-order chi connectivity index (χ1) is 13.7. The molecule has 1 amide bonds. The summed E-state index contributed by atoms with van der Waals surface area (Å²) in [5.41, 5.74) is 3.91. The van der Waals surface area contributed by atoms with E-state index < -0.39 is 0 Å². The zero-order chi connectivity index (χ0) is 19.3. The Morgan fingerprint density at radius 3 is 2.46 bits per heavy atom. The van der Waals surface area contributed by atoms with E-state index in [0.29, 0.717) is 10.8 Å². The van der Waals surface area contributed by atoms with Crippen LogP contribution in [-0.2, 0) is 4.79 Å². The number of pyridine rings is 1. The monoisotopic (exact) mass is 412 g/mol. The maximum atomic E-state index is 12.6. The van der Waals surface area contributed by atoms with Crippen molar-refractivity contribution >= 4 is 29.3 Å². The lowest BCUT2D eigenvalue weighted by molar-refractivity contribution is -0.129. The van der Waals surface area contributed by atoms with Crippen LogP contribution in [0.5, 0.6) is 0 Å². The molecular weight excluding hydrogens is 392 g/mol. The van der Waals surface area contributed by atoms with Gasteiger partial charge in [-0.15, -0.1) is 0 Å². The molecule has 0 atom stereocenters. The van der Waals surface area contributed by atoms with E-state index in [-0.39, 0.29) is 5.91 Å². The number of H-pyrrole nitrogens is 1. The molecule has 1 N–H and O–H groups in total. The number of halogens is 1. The third-order valence-corrected chi connectivity index (χ3v) is 6.09. The number of aromatic nitrogens is 3. The van der Waals surface area contributed by atoms with Gasteiger partial charge in [0.05, 0.1) is 11.4 Å². The van der Waals surface area contributed by atoms with Gasteiger partial charge < -0.3 is 4.90 Å². The number of nitrogens with zero attached hydrogens (tertiary/aromatic N) is 3. The van der Waals surface area contributed by atoms with Crippen molar-refractivity contribution in [3.8, 4) is 22.4 Å². The Morgan fingerprint density at radius 1 is 1.04 bits per heavy atom. The molecule has 0 spiro atoms. The van der Waals surface area contributed by atoms with Gasteiger partial charge in [0.2, 0.25) is 5.91 Å². The van der Waals surface area contributed by atoms with E-state index in [1.54, 1.807) is 12.4 Å². The van der Waals surface area contributed by atoms with Crippen LogP contribution in [0.2, 0.25) is 5.02 Å². The molecule has 28 heavy (non-hydrogen) atoms. The number of benzene rings is 1. The highest BCUT2D eigenvalue weighted by molar-refractivity contribution is 8.00. The smallest absolute Gasteiger partial charge is 0.232 e. The number of piperidine rings is 1. The molecule has 5 nitrogen and oxygen atoms in total. The van der Waals surface area contributed by atoms with Crippen LogP contribution in [0.25, 0.3) is 22.4 Å². The van der Waals surface area contributed by atoms with Gasteiger partial charge in [-0.3, -0.25) is 14.9 Å². The number of likely N-dealkylation sites (tertiary alicyclic amines) is 1. The molecule has 3 aromatic rings. The van der Waals surface area contributed by atoms with Crippen LogP contribution in [0, 0.1) is 0 Å². The lowest BCUT2D eigenvalue weighted by Crippen LogP contribution is -2.36. The molecule has 0 bridgehead atoms. The van der Waals surface area contributed by atoms with Gasteiger partial charge in [0.15, 0.2) is 0 Å². The molecule has 1 saturated heterocycles. The summed E-state index contributed by atoms with van der Waals surface area (Å²) in [7, 11) is 0. The zero-order valence-electron chi connectivity index (χ0n) is 15.4. The molecule has 1 fully saturated rings. The SMILES string of the molecule is O=C(CSc1n[nH]c(-c2ccc(Cl)cc2)c1-c1ccncc1)N1CCCCC1. The number of amides is 1. The van der Waals surface area contributed by atoms with Crippen molar-refractivity contribution in [3.05, 3.63) is 53.8 Å². The first kappa shape index (κ1) is 19.0. The summed E-state index contributed by atoms with van der Waals surface area (Å²) >= 11 is 7.52. The lowest BCUT2D eigenvalue weighted by Gasteiger charge is -2.26. The van der Waals surface area contributed by atoms with Gasteiger partial charge in [-0.25, -0.2) is 0 Å². The van der Waals surface area contributed by atoms with Crippen molar-refractivity contribution in [2.45, 2.75) is 24.3 Å². The lowest BCUT2D eigenvalue weighted by atomic mass is 10.0. The molecule has 7 heteroatoms. The highest BCUT2D eigenvalue weighted by Gasteiger charge is 2.21. The highest BCUT2D eigenvalue weighted by atomic mass is 35.5. The molecule has 0 radical (unpaired) electrons. The van der Waals surface area contributed by atoms with Crippen molar-refractivity contribution < 1.29 is 4.79 Å². The molecule has 2 aromatic heterocycles. The largest absolute Gasteiger partial charge is 0.342 e. The number of carbonyl (C=O) groups is 1. The molecule has 0 unspecified atom stereocenters. The average Bonchev–Trinajstić information content (AvgIpc) is 3.17. The first-order valence-electron chi connectivity index (χ1n) is 9.37. The minimum Gasteiger partial charge on any atom is -0.342 e. The second-order valence-corrected chi connectivity index (χ2v) is 8.15. The third kappa shape index (κ3) is 4.23. The zero-order valence-corrected chi connectivity index (χ0v) is 17.0. The predicted octanol–water partition coefficient (Wildman–Crippen LogP) is 4.90. The fourth-order valence-electron chi connectivity index (χ4n) is 3.41. The van der Waals surface area contributed by atoms with Crippen LogP contribution in [0.3, 0.4) is 0 Å². The van der Waals surface area contributed by atoms with Crippen LogP contribution in [0.4, 0.5) is 0 Å². The van der Waals surface area contributed by atoms with Crippen molar-refractivity contribution in [2.24, 2.45) is 0 Å². The fourth-order valence-corrected chi connectivity index (χ4v) is 4.45. The Hall–Kier alpha value is -2.31. The number of nitrogens with one attached hydrogen (secondary N) is 1. The van der Waals surface area contributed by atoms with Gasteiger partial charge in [0.25, 0.3) is 0 Å². The van der Waals surface area contributed by atoms with Gasteiger partial charge in [-0.1, -0.05) is 35.5 Å². The summed E-state index contributed by atoms with van der Waals surface area (Å²) < 4.78 is 0. The molecule has 144 valence electrons. The summed E-state index contributed by atoms with van der Waals surface area (Å²) in [6.07, 6.45) is 6.94. The minimum atomic E-state index is 0.182. The third-order valence-electron chi connectivity index (χ3n) is 4.88. The van der Waals surface area contributed by atoms with Gasteiger partial charge in [0, 0.05) is 41.6 Å². The number of thioether (sulfide) groups is 1. The van der Waals surface area contributed by atoms with Gasteiger partial charge in [0.1, 0.15) is 5.03 Å². The second kappa shape index (κ2) is 8.80. The Kier molecular flexibility index (Phi) is 5.98. The van der Waals surface area contributed by atoms with E-state index in [1.165, 1.54) is 18.2 Å². The van der Waals surface area contributed by atoms with Crippen LogP contribution < -0.4 is 0 Å². The van der Waals surface area contributed by atoms with E-state index >= 15 is 0 Å². The van der Waals surface area contributed by atoms with E-state index in [2.05, 4.69) is 15.2 Å². The second-order valence-electron chi connectivity index (χ2n) is 6.75. The number of hydrogen-bond acceptors (Lipinski definition) is 4. The topological polar surface area (TPSA) is 61.9 Å². The van der Waals surface area contributed by atoms with E-state index in [0.717, 1.165) is 53.3 Å². The number of carbonyl (C=O) groups excluding carboxylic acids is 1. The van der Waals surface area contributed by atoms with Gasteiger partial charge >= 0.3 is 0 Å². The van der Waals surface area contributed by atoms with Crippen molar-refractivity contribution in [3.63, 3.8) is 0 Å². The van der Waals surface area contributed by atoms with Crippen LogP contribution in [0.15, 0.2) is 53.8 Å². The van der Waals surface area contributed by atoms with Crippen LogP contribution in [0.1, 0.15) is 19.3 Å². The van der Waals surface area contributed by atoms with Crippen molar-refractivity contribution in [2.75, 3.05) is 18.8 Å². The Morgan fingerprint density at radius 2 is 1.75 bits per heavy atom. The van der Waals surface area contributed by atoms with E-state index in [1.807, 2.05) is 41.3 Å². The Bertz CT molecular complexity index is 937. The Labute approximate surface area is 173 Å². The van der Waals surface area contributed by atoms with E-state index in [9.17, 15) is 4.79 Å². The molecule has 1 aliphatic heterocycles. The summed E-state index contributed by atoms with van der Waals surface area (Å²) in [6.45, 7) is 1.74. The molecule has 0 saturated carbocycles. The van der Waals surface area contributed by atoms with Crippen molar-refractivity contribution in [1.29, 1.82) is 0 Å². The van der Waals surface area contributed by atoms with Crippen LogP contribution in [-0.4, -0.2) is 44.8 Å². The summed E-state index contributed by atoms with van der Waals surface area (Å²) in [5.74, 6) is 0.574. The molecular formula is C21H21ClN4OS. The maximum Gasteiger partial charge on any atom is 0.232 e. The van der Waals surface area contributed by atoms with Gasteiger partial charge in [-0.2, -0.15) is 5.10 Å². The number of rotatable bonds is 5. The quantitative estimate of drug-likeness (QED) is 0.605. The number of hydrogen-bond donors (Lipinski definition) is 1. The molecule has 1 aliphatic rings. The molecule has 1 aromatic carbocycles. The molecule has 4 rings (SSSR count). The number of aromatic amines is 1. The summed E-state index contributed by atoms with van der Waals surface area (Å²) in [4.78, 5) is 18.7. The highest BCUT2D eigenvalue weighted by Crippen LogP contribution is 2.38. The van der Waals surface area contributed by atoms with E-state index in [4.69, 9.17) is 11.6 Å². The molecule has 3 heterocycles. The molecule has 0 aliphatic carbocycles. The predicted molar refractivity (Wildman–Crippen MR) is 113 cm³/mol. The van der Waals surface area contributed by atoms with Crippen LogP contribution >= 0.6 is 23.4 Å². The fraction of sp³-hybridized carbons (Fsp3) is 0.286. The average molecular weight is 413 g/mol. The summed E-state index contributed by atoms with van der Waals surface area (Å²) in [5, 5.41) is 9.19. The normalized spacial score (nSPS) is 14.2. The first-order valence-corrected chi connectivity index (χ1v) is 10.7. The maximum absolute atomic E-state index is 12.6. The summed E-state index contributed by atoms with van der Waals surface area (Å²) in [6, 6.07) is 11.6. The Balaban J connectivity index is 1.62. The standard InChI is InChI=1S/C21H21ClN4OS/c22-17-6-4-16(5-7-17)20-19(15-8-10-23-11-9-15)21(25-24-20)28-14-18(27)26-12-2-1-3-13-26/h4-11H,1-3,12-14H2,(H,24,25).